The lowest BCUT2D eigenvalue weighted by Crippen LogP contribution is -2.03. The van der Waals surface area contributed by atoms with Crippen molar-refractivity contribution in [2.45, 2.75) is 13.3 Å². The van der Waals surface area contributed by atoms with Crippen LogP contribution in [0.25, 0.3) is 0 Å². The van der Waals surface area contributed by atoms with Crippen LogP contribution in [0.5, 0.6) is 0 Å². The van der Waals surface area contributed by atoms with E-state index in [1.807, 2.05) is 0 Å². The van der Waals surface area contributed by atoms with Crippen LogP contribution in [0.15, 0.2) is 6.07 Å². The Kier molecular flexibility index (Phi) is 2.59. The van der Waals surface area contributed by atoms with Gasteiger partial charge in [0.25, 0.3) is 12.1 Å². The van der Waals surface area contributed by atoms with Gasteiger partial charge in [-0.3, -0.25) is 10.1 Å². The number of anilines is 1. The maximum absolute atomic E-state index is 12.3. The summed E-state index contributed by atoms with van der Waals surface area (Å²) in [7, 11) is 0. The highest BCUT2D eigenvalue weighted by Gasteiger charge is 2.20. The van der Waals surface area contributed by atoms with Gasteiger partial charge in [0.2, 0.25) is 0 Å². The molecule has 0 aliphatic rings. The minimum Gasteiger partial charge on any atom is -0.383 e. The van der Waals surface area contributed by atoms with Crippen molar-refractivity contribution in [1.29, 1.82) is 0 Å². The Labute approximate surface area is 77.7 Å². The van der Waals surface area contributed by atoms with Gasteiger partial charge in [0.1, 0.15) is 11.5 Å². The lowest BCUT2D eigenvalue weighted by molar-refractivity contribution is -0.385. The largest absolute Gasteiger partial charge is 0.383 e. The number of nitrogens with two attached hydrogens (primary N) is 1. The second-order valence-corrected chi connectivity index (χ2v) is 2.63. The number of aryl methyl sites for hydroxylation is 1. The topological polar surface area (TPSA) is 82.0 Å². The molecule has 1 rings (SSSR count). The average Bonchev–Trinajstić information content (AvgIpc) is 2.02. The summed E-state index contributed by atoms with van der Waals surface area (Å²) < 4.78 is 24.5. The summed E-state index contributed by atoms with van der Waals surface area (Å²) >= 11 is 0. The molecule has 1 aromatic heterocycles. The zero-order chi connectivity index (χ0) is 10.9. The highest BCUT2D eigenvalue weighted by molar-refractivity contribution is 5.49. The first-order valence-electron chi connectivity index (χ1n) is 3.63. The zero-order valence-electron chi connectivity index (χ0n) is 7.20. The van der Waals surface area contributed by atoms with Crippen molar-refractivity contribution in [3.63, 3.8) is 0 Å². The van der Waals surface area contributed by atoms with E-state index in [1.165, 1.54) is 6.92 Å². The fraction of sp³-hybridized carbons (Fsp3) is 0.286. The molecule has 0 saturated heterocycles. The molecule has 0 bridgehead atoms. The van der Waals surface area contributed by atoms with Crippen molar-refractivity contribution in [1.82, 2.24) is 4.98 Å². The Hall–Kier alpha value is -1.79. The van der Waals surface area contributed by atoms with E-state index in [1.54, 1.807) is 0 Å². The van der Waals surface area contributed by atoms with Crippen molar-refractivity contribution in [3.8, 4) is 0 Å². The highest BCUT2D eigenvalue weighted by atomic mass is 19.3. The van der Waals surface area contributed by atoms with Gasteiger partial charge in [0.05, 0.1) is 10.5 Å². The summed E-state index contributed by atoms with van der Waals surface area (Å²) in [6.07, 6.45) is -2.86. The minimum absolute atomic E-state index is 0.0249. The normalized spacial score (nSPS) is 10.6. The first-order valence-corrected chi connectivity index (χ1v) is 3.63. The minimum atomic E-state index is -2.86. The smallest absolute Gasteiger partial charge is 0.291 e. The van der Waals surface area contributed by atoms with E-state index in [4.69, 9.17) is 5.73 Å². The number of nitrogens with zero attached hydrogens (tertiary/aromatic N) is 2. The molecule has 76 valence electrons. The molecule has 0 amide bonds. The third-order valence-corrected chi connectivity index (χ3v) is 1.68. The summed E-state index contributed by atoms with van der Waals surface area (Å²) in [6, 6.07) is 0.752. The molecule has 0 spiro atoms. The first kappa shape index (κ1) is 10.3. The Morgan fingerprint density at radius 3 is 2.64 bits per heavy atom. The Morgan fingerprint density at radius 1 is 1.64 bits per heavy atom. The van der Waals surface area contributed by atoms with E-state index in [0.29, 0.717) is 0 Å². The maximum Gasteiger partial charge on any atom is 0.291 e. The fourth-order valence-corrected chi connectivity index (χ4v) is 0.988. The van der Waals surface area contributed by atoms with Gasteiger partial charge in [0.15, 0.2) is 0 Å². The molecular weight excluding hydrogens is 196 g/mol. The number of pyridine rings is 1. The molecule has 14 heavy (non-hydrogen) atoms. The monoisotopic (exact) mass is 203 g/mol. The number of nitro groups is 1. The first-order chi connectivity index (χ1) is 6.43. The van der Waals surface area contributed by atoms with E-state index < -0.39 is 22.6 Å². The quantitative estimate of drug-likeness (QED) is 0.587. The van der Waals surface area contributed by atoms with Crippen molar-refractivity contribution < 1.29 is 13.7 Å². The van der Waals surface area contributed by atoms with Gasteiger partial charge in [-0.2, -0.15) is 0 Å². The van der Waals surface area contributed by atoms with Crippen LogP contribution in [0, 0.1) is 17.0 Å². The number of aromatic nitrogens is 1. The molecule has 5 nitrogen and oxygen atoms in total. The van der Waals surface area contributed by atoms with Crippen LogP contribution in [-0.4, -0.2) is 9.91 Å². The lowest BCUT2D eigenvalue weighted by Gasteiger charge is -2.04. The van der Waals surface area contributed by atoms with E-state index in [0.717, 1.165) is 6.07 Å². The predicted octanol–water partition coefficient (Wildman–Crippen LogP) is 1.82. The summed E-state index contributed by atoms with van der Waals surface area (Å²) in [6.45, 7) is 1.34. The number of hydrogen-bond donors (Lipinski definition) is 1. The van der Waals surface area contributed by atoms with Crippen LogP contribution in [0.4, 0.5) is 20.3 Å². The van der Waals surface area contributed by atoms with Gasteiger partial charge in [0, 0.05) is 6.07 Å². The summed E-state index contributed by atoms with van der Waals surface area (Å²) in [5, 5.41) is 10.4. The number of alkyl halides is 2. The summed E-state index contributed by atoms with van der Waals surface area (Å²) in [5.74, 6) is -0.372. The number of nitrogen functional groups attached to an aromatic ring is 1. The van der Waals surface area contributed by atoms with Crippen molar-refractivity contribution >= 4 is 11.5 Å². The Morgan fingerprint density at radius 2 is 2.21 bits per heavy atom. The van der Waals surface area contributed by atoms with Crippen molar-refractivity contribution in [2.24, 2.45) is 0 Å². The average molecular weight is 203 g/mol. The van der Waals surface area contributed by atoms with Gasteiger partial charge in [-0.1, -0.05) is 0 Å². The van der Waals surface area contributed by atoms with E-state index >= 15 is 0 Å². The SMILES string of the molecule is Cc1nc(N)c(C(F)F)cc1[N+](=O)[O-]. The van der Waals surface area contributed by atoms with Crippen LogP contribution in [0.1, 0.15) is 17.7 Å². The molecule has 0 aliphatic heterocycles. The van der Waals surface area contributed by atoms with Gasteiger partial charge in [-0.15, -0.1) is 0 Å². The second kappa shape index (κ2) is 3.52. The van der Waals surface area contributed by atoms with Crippen LogP contribution < -0.4 is 5.73 Å². The molecule has 0 radical (unpaired) electrons. The van der Waals surface area contributed by atoms with Gasteiger partial charge < -0.3 is 5.73 Å². The van der Waals surface area contributed by atoms with E-state index in [2.05, 4.69) is 4.98 Å². The number of rotatable bonds is 2. The zero-order valence-corrected chi connectivity index (χ0v) is 7.20. The van der Waals surface area contributed by atoms with Gasteiger partial charge >= 0.3 is 0 Å². The molecule has 0 fully saturated rings. The third-order valence-electron chi connectivity index (χ3n) is 1.68. The van der Waals surface area contributed by atoms with Gasteiger partial charge in [-0.05, 0) is 6.92 Å². The molecule has 0 aliphatic carbocycles. The molecule has 0 unspecified atom stereocenters. The fourth-order valence-electron chi connectivity index (χ4n) is 0.988. The Balaban J connectivity index is 3.34. The molecule has 2 N–H and O–H groups in total. The second-order valence-electron chi connectivity index (χ2n) is 2.63. The van der Waals surface area contributed by atoms with Crippen LogP contribution in [-0.2, 0) is 0 Å². The predicted molar refractivity (Wildman–Crippen MR) is 45.0 cm³/mol. The standard InChI is InChI=1S/C7H7F2N3O2/c1-3-5(12(13)14)2-4(6(8)9)7(10)11-3/h2,6H,1H3,(H2,10,11). The van der Waals surface area contributed by atoms with Crippen molar-refractivity contribution in [2.75, 3.05) is 5.73 Å². The highest BCUT2D eigenvalue weighted by Crippen LogP contribution is 2.28. The number of hydrogen-bond acceptors (Lipinski definition) is 4. The third kappa shape index (κ3) is 1.76. The summed E-state index contributed by atoms with van der Waals surface area (Å²) in [4.78, 5) is 13.1. The molecule has 1 aromatic rings. The number of halogens is 2. The van der Waals surface area contributed by atoms with Crippen LogP contribution >= 0.6 is 0 Å². The summed E-state index contributed by atoms with van der Waals surface area (Å²) in [5.41, 5.74) is 4.14. The molecule has 0 aromatic carbocycles. The van der Waals surface area contributed by atoms with E-state index in [9.17, 15) is 18.9 Å². The lowest BCUT2D eigenvalue weighted by atomic mass is 10.2. The molecule has 7 heteroatoms. The van der Waals surface area contributed by atoms with E-state index in [-0.39, 0.29) is 11.5 Å². The molecule has 1 heterocycles. The van der Waals surface area contributed by atoms with Crippen molar-refractivity contribution in [3.05, 3.63) is 27.4 Å². The van der Waals surface area contributed by atoms with Crippen LogP contribution in [0.2, 0.25) is 0 Å². The Bertz CT molecular complexity index is 381. The molecule has 0 atom stereocenters. The van der Waals surface area contributed by atoms with Gasteiger partial charge in [-0.25, -0.2) is 13.8 Å². The molecular formula is C7H7F2N3O2. The maximum atomic E-state index is 12.3. The molecule has 0 saturated carbocycles. The van der Waals surface area contributed by atoms with Crippen LogP contribution in [0.3, 0.4) is 0 Å².